The number of nitrogens with zero attached hydrogens (tertiary/aromatic N) is 1. The molecule has 0 saturated carbocycles. The molecule has 1 N–H and O–H groups in total. The Morgan fingerprint density at radius 3 is 2.78 bits per heavy atom. The van der Waals surface area contributed by atoms with Gasteiger partial charge in [0.05, 0.1) is 10.8 Å². The highest BCUT2D eigenvalue weighted by molar-refractivity contribution is 7.14. The minimum Gasteiger partial charge on any atom is -0.457 e. The summed E-state index contributed by atoms with van der Waals surface area (Å²) in [6.07, 6.45) is 2.51. The van der Waals surface area contributed by atoms with E-state index in [4.69, 9.17) is 4.74 Å². The van der Waals surface area contributed by atoms with E-state index in [1.54, 1.807) is 17.9 Å². The first-order valence-corrected chi connectivity index (χ1v) is 10.0. The maximum absolute atomic E-state index is 12.3. The van der Waals surface area contributed by atoms with Crippen molar-refractivity contribution in [1.29, 1.82) is 0 Å². The highest BCUT2D eigenvalue weighted by Gasteiger charge is 2.29. The molecule has 7 nitrogen and oxygen atoms in total. The monoisotopic (exact) mass is 394 g/mol. The Hall–Kier alpha value is -2.22. The lowest BCUT2D eigenvalue weighted by Gasteiger charge is -2.31. The molecule has 1 fully saturated rings. The van der Waals surface area contributed by atoms with E-state index in [0.717, 1.165) is 11.3 Å². The average Bonchev–Trinajstić information content (AvgIpc) is 3.14. The molecule has 2 rings (SSSR count). The molecule has 0 spiro atoms. The molecular weight excluding hydrogens is 368 g/mol. The second-order valence-electron chi connectivity index (χ2n) is 6.56. The summed E-state index contributed by atoms with van der Waals surface area (Å²) in [5.41, 5.74) is 0. The quantitative estimate of drug-likeness (QED) is 0.536. The molecule has 1 unspecified atom stereocenters. The number of nitrogens with one attached hydrogen (secondary N) is 1. The Kier molecular flexibility index (Phi) is 7.97. The number of ether oxygens (including phenoxy) is 1. The summed E-state index contributed by atoms with van der Waals surface area (Å²) < 4.78 is 5.20. The molecule has 1 aromatic rings. The van der Waals surface area contributed by atoms with Gasteiger partial charge >= 0.3 is 5.97 Å². The molecule has 0 aliphatic carbocycles. The Bertz CT molecular complexity index is 700. The van der Waals surface area contributed by atoms with Crippen molar-refractivity contribution >= 4 is 34.9 Å². The maximum Gasteiger partial charge on any atom is 0.311 e. The normalized spacial score (nSPS) is 16.7. The number of carbonyl (C=O) groups excluding carboxylic acids is 4. The summed E-state index contributed by atoms with van der Waals surface area (Å²) in [5, 5.41) is 2.71. The molecule has 1 atom stereocenters. The smallest absolute Gasteiger partial charge is 0.311 e. The first-order valence-electron chi connectivity index (χ1n) is 9.21. The number of carbonyl (C=O) groups is 4. The number of hydrogen-bond donors (Lipinski definition) is 1. The summed E-state index contributed by atoms with van der Waals surface area (Å²) >= 11 is 1.34. The zero-order chi connectivity index (χ0) is 19.8. The van der Waals surface area contributed by atoms with Gasteiger partial charge in [-0.3, -0.25) is 19.2 Å². The van der Waals surface area contributed by atoms with Crippen molar-refractivity contribution in [2.75, 3.05) is 26.2 Å². The van der Waals surface area contributed by atoms with Gasteiger partial charge in [-0.25, -0.2) is 0 Å². The predicted molar refractivity (Wildman–Crippen MR) is 102 cm³/mol. The van der Waals surface area contributed by atoms with Crippen LogP contribution in [0.5, 0.6) is 0 Å². The number of piperidine rings is 1. The van der Waals surface area contributed by atoms with Crippen molar-refractivity contribution in [3.05, 3.63) is 21.9 Å². The van der Waals surface area contributed by atoms with Crippen LogP contribution in [-0.2, 0) is 25.5 Å². The number of likely N-dealkylation sites (tertiary alicyclic amines) is 1. The van der Waals surface area contributed by atoms with E-state index in [-0.39, 0.29) is 30.1 Å². The summed E-state index contributed by atoms with van der Waals surface area (Å²) in [6, 6.07) is 3.56. The fraction of sp³-hybridized carbons (Fsp3) is 0.579. The van der Waals surface area contributed by atoms with Gasteiger partial charge in [-0.1, -0.05) is 6.92 Å². The van der Waals surface area contributed by atoms with Crippen LogP contribution in [0.25, 0.3) is 0 Å². The third kappa shape index (κ3) is 6.46. The van der Waals surface area contributed by atoms with Crippen molar-refractivity contribution in [1.82, 2.24) is 10.2 Å². The van der Waals surface area contributed by atoms with Crippen molar-refractivity contribution in [2.24, 2.45) is 5.92 Å². The Labute approximate surface area is 163 Å². The first-order chi connectivity index (χ1) is 12.9. The van der Waals surface area contributed by atoms with E-state index in [1.165, 1.54) is 18.3 Å². The fourth-order valence-electron chi connectivity index (χ4n) is 2.97. The highest BCUT2D eigenvalue weighted by Crippen LogP contribution is 2.20. The van der Waals surface area contributed by atoms with Crippen LogP contribution in [0, 0.1) is 5.92 Å². The summed E-state index contributed by atoms with van der Waals surface area (Å²) in [6.45, 7) is 4.53. The zero-order valence-corrected chi connectivity index (χ0v) is 16.6. The van der Waals surface area contributed by atoms with Crippen LogP contribution < -0.4 is 5.32 Å². The largest absolute Gasteiger partial charge is 0.457 e. The van der Waals surface area contributed by atoms with E-state index in [9.17, 15) is 19.2 Å². The zero-order valence-electron chi connectivity index (χ0n) is 15.8. The summed E-state index contributed by atoms with van der Waals surface area (Å²) in [5.74, 6) is -1.07. The molecule has 0 radical (unpaired) electrons. The number of thiophene rings is 1. The Morgan fingerprint density at radius 1 is 1.30 bits per heavy atom. The Balaban J connectivity index is 1.79. The molecule has 2 heterocycles. The molecule has 1 aliphatic rings. The molecule has 2 amide bonds. The number of rotatable bonds is 8. The second kappa shape index (κ2) is 10.2. The van der Waals surface area contributed by atoms with Crippen LogP contribution in [0.3, 0.4) is 0 Å². The summed E-state index contributed by atoms with van der Waals surface area (Å²) in [7, 11) is 0. The molecule has 1 aromatic heterocycles. The summed E-state index contributed by atoms with van der Waals surface area (Å²) in [4.78, 5) is 50.4. The predicted octanol–water partition coefficient (Wildman–Crippen LogP) is 1.80. The molecule has 1 aliphatic heterocycles. The standard InChI is InChI=1S/C19H26N2O5S/c1-3-18(24)21-10-4-5-14(11-21)19(25)26-12-16(23)17-7-6-15(27-17)8-9-20-13(2)22/h6-7,14H,3-5,8-12H2,1-2H3,(H,20,22). The third-order valence-corrected chi connectivity index (χ3v) is 5.62. The molecule has 27 heavy (non-hydrogen) atoms. The van der Waals surface area contributed by atoms with Crippen LogP contribution in [0.2, 0.25) is 0 Å². The second-order valence-corrected chi connectivity index (χ2v) is 7.73. The molecule has 148 valence electrons. The van der Waals surface area contributed by atoms with Crippen LogP contribution >= 0.6 is 11.3 Å². The van der Waals surface area contributed by atoms with Gasteiger partial charge in [0, 0.05) is 37.9 Å². The molecule has 1 saturated heterocycles. The van der Waals surface area contributed by atoms with Crippen LogP contribution in [0.15, 0.2) is 12.1 Å². The first kappa shape index (κ1) is 21.1. The lowest BCUT2D eigenvalue weighted by molar-refractivity contribution is -0.150. The number of amides is 2. The van der Waals surface area contributed by atoms with Gasteiger partial charge in [-0.15, -0.1) is 11.3 Å². The number of esters is 1. The van der Waals surface area contributed by atoms with Crippen molar-refractivity contribution in [3.63, 3.8) is 0 Å². The molecular formula is C19H26N2O5S. The number of Topliss-reactive ketones (excluding diaryl/α,β-unsaturated/α-hetero) is 1. The van der Waals surface area contributed by atoms with E-state index >= 15 is 0 Å². The maximum atomic E-state index is 12.3. The van der Waals surface area contributed by atoms with Gasteiger partial charge in [-0.05, 0) is 31.4 Å². The third-order valence-electron chi connectivity index (χ3n) is 4.44. The van der Waals surface area contributed by atoms with Crippen LogP contribution in [-0.4, -0.2) is 54.7 Å². The average molecular weight is 394 g/mol. The van der Waals surface area contributed by atoms with Gasteiger partial charge in [0.15, 0.2) is 6.61 Å². The molecule has 8 heteroatoms. The molecule has 0 aromatic carbocycles. The van der Waals surface area contributed by atoms with Gasteiger partial charge in [0.1, 0.15) is 0 Å². The van der Waals surface area contributed by atoms with Crippen LogP contribution in [0.1, 0.15) is 47.7 Å². The Morgan fingerprint density at radius 2 is 2.07 bits per heavy atom. The lowest BCUT2D eigenvalue weighted by Crippen LogP contribution is -2.42. The van der Waals surface area contributed by atoms with Crippen molar-refractivity contribution in [2.45, 2.75) is 39.5 Å². The van der Waals surface area contributed by atoms with E-state index in [2.05, 4.69) is 5.32 Å². The number of ketones is 1. The number of hydrogen-bond acceptors (Lipinski definition) is 6. The SMILES string of the molecule is CCC(=O)N1CCCC(C(=O)OCC(=O)c2ccc(CCNC(C)=O)s2)C1. The molecule has 0 bridgehead atoms. The van der Waals surface area contributed by atoms with Crippen LogP contribution in [0.4, 0.5) is 0 Å². The topological polar surface area (TPSA) is 92.8 Å². The van der Waals surface area contributed by atoms with E-state index in [0.29, 0.717) is 43.8 Å². The van der Waals surface area contributed by atoms with Crippen molar-refractivity contribution in [3.8, 4) is 0 Å². The van der Waals surface area contributed by atoms with E-state index < -0.39 is 5.97 Å². The highest BCUT2D eigenvalue weighted by atomic mass is 32.1. The van der Waals surface area contributed by atoms with Crippen molar-refractivity contribution < 1.29 is 23.9 Å². The van der Waals surface area contributed by atoms with Gasteiger partial charge in [0.25, 0.3) is 0 Å². The van der Waals surface area contributed by atoms with Gasteiger partial charge in [-0.2, -0.15) is 0 Å². The minimum absolute atomic E-state index is 0.0361. The fourth-order valence-corrected chi connectivity index (χ4v) is 3.90. The van der Waals surface area contributed by atoms with E-state index in [1.807, 2.05) is 6.07 Å². The van der Waals surface area contributed by atoms with Gasteiger partial charge < -0.3 is 15.0 Å². The van der Waals surface area contributed by atoms with Gasteiger partial charge in [0.2, 0.25) is 17.6 Å². The lowest BCUT2D eigenvalue weighted by atomic mass is 9.98. The minimum atomic E-state index is -0.417.